The Morgan fingerprint density at radius 3 is 1.21 bits per heavy atom. The topological polar surface area (TPSA) is 192 Å². The number of hydrogen-bond donors (Lipinski definition) is 6. The van der Waals surface area contributed by atoms with Gasteiger partial charge in [0.05, 0.1) is 25.4 Å². The van der Waals surface area contributed by atoms with E-state index in [1.807, 2.05) is 0 Å². The highest BCUT2D eigenvalue weighted by atomic mass is 32.3. The minimum atomic E-state index is -5.07. The summed E-state index contributed by atoms with van der Waals surface area (Å²) in [6.07, 6.45) is 41.4. The Balaban J connectivity index is 2.21. The van der Waals surface area contributed by atoms with Crippen LogP contribution in [0.4, 0.5) is 0 Å². The highest BCUT2D eigenvalue weighted by molar-refractivity contribution is 7.80. The third kappa shape index (κ3) is 36.1. The Hall–Kier alpha value is -0.900. The normalized spacial score (nSPS) is 19.9. The van der Waals surface area contributed by atoms with Crippen molar-refractivity contribution >= 4 is 16.3 Å². The molecule has 12 nitrogen and oxygen atoms in total. The molecule has 0 spiro atoms. The molecule has 1 aliphatic heterocycles. The number of aliphatic hydroxyl groups excluding tert-OH is 4. The third-order valence-electron chi connectivity index (χ3n) is 13.7. The largest absolute Gasteiger partial charge is 0.397 e. The Kier molecular flexibility index (Phi) is 42.1. The number of amides is 1. The minimum absolute atomic E-state index is 0.225. The number of aliphatic hydroxyl groups is 4. The summed E-state index contributed by atoms with van der Waals surface area (Å²) in [6, 6.07) is -0.851. The molecule has 66 heavy (non-hydrogen) atoms. The third-order valence-corrected chi connectivity index (χ3v) is 14.1. The average Bonchev–Trinajstić information content (AvgIpc) is 3.29. The fraction of sp³-hybridized carbons (Fsp3) is 0.981. The second-order valence-electron chi connectivity index (χ2n) is 19.9. The van der Waals surface area contributed by atoms with Crippen LogP contribution in [-0.2, 0) is 28.9 Å². The molecule has 1 heterocycles. The Morgan fingerprint density at radius 2 is 0.879 bits per heavy atom. The Labute approximate surface area is 405 Å². The lowest BCUT2D eigenvalue weighted by Gasteiger charge is -2.41. The van der Waals surface area contributed by atoms with Crippen LogP contribution in [0, 0.1) is 0 Å². The second-order valence-corrected chi connectivity index (χ2v) is 20.9. The number of nitrogens with one attached hydrogen (secondary N) is 1. The van der Waals surface area contributed by atoms with E-state index in [1.54, 1.807) is 0 Å². The van der Waals surface area contributed by atoms with E-state index in [-0.39, 0.29) is 12.5 Å². The van der Waals surface area contributed by atoms with Crippen molar-refractivity contribution in [2.45, 2.75) is 320 Å². The first-order chi connectivity index (χ1) is 32.0. The zero-order valence-corrected chi connectivity index (χ0v) is 43.4. The number of rotatable bonds is 49. The van der Waals surface area contributed by atoms with E-state index in [1.165, 1.54) is 199 Å². The first kappa shape index (κ1) is 63.1. The lowest BCUT2D eigenvalue weighted by molar-refractivity contribution is -0.298. The van der Waals surface area contributed by atoms with E-state index in [4.69, 9.17) is 9.47 Å². The number of carbonyl (C=O) groups excluding carboxylic acids is 1. The number of hydrogen-bond acceptors (Lipinski definition) is 10. The van der Waals surface area contributed by atoms with Crippen LogP contribution in [0.25, 0.3) is 0 Å². The van der Waals surface area contributed by atoms with Gasteiger partial charge in [-0.15, -0.1) is 0 Å². The minimum Gasteiger partial charge on any atom is -0.394 e. The summed E-state index contributed by atoms with van der Waals surface area (Å²) < 4.78 is 47.7. The average molecular weight is 964 g/mol. The van der Waals surface area contributed by atoms with E-state index >= 15 is 0 Å². The van der Waals surface area contributed by atoms with Crippen LogP contribution in [0.15, 0.2) is 0 Å². The van der Waals surface area contributed by atoms with Gasteiger partial charge < -0.3 is 35.2 Å². The molecular formula is C53H105NO11S. The van der Waals surface area contributed by atoms with Gasteiger partial charge in [0.2, 0.25) is 5.91 Å². The molecule has 0 aromatic heterocycles. The molecule has 1 saturated heterocycles. The van der Waals surface area contributed by atoms with Gasteiger partial charge >= 0.3 is 10.4 Å². The predicted molar refractivity (Wildman–Crippen MR) is 269 cm³/mol. The van der Waals surface area contributed by atoms with E-state index < -0.39 is 59.9 Å². The van der Waals surface area contributed by atoms with Crippen molar-refractivity contribution in [3.05, 3.63) is 0 Å². The van der Waals surface area contributed by atoms with Crippen LogP contribution in [0.5, 0.6) is 0 Å². The molecule has 394 valence electrons. The molecule has 1 aliphatic rings. The molecular weight excluding hydrogens is 859 g/mol. The van der Waals surface area contributed by atoms with Crippen molar-refractivity contribution in [1.82, 2.24) is 5.32 Å². The quantitative estimate of drug-likeness (QED) is 0.0251. The van der Waals surface area contributed by atoms with Crippen LogP contribution in [-0.4, -0.2) is 95.4 Å². The maximum absolute atomic E-state index is 13.1. The first-order valence-electron chi connectivity index (χ1n) is 27.9. The van der Waals surface area contributed by atoms with Gasteiger partial charge in [0.15, 0.2) is 6.29 Å². The van der Waals surface area contributed by atoms with Gasteiger partial charge in [-0.1, -0.05) is 258 Å². The van der Waals surface area contributed by atoms with Gasteiger partial charge in [-0.3, -0.25) is 9.35 Å². The summed E-state index contributed by atoms with van der Waals surface area (Å²) in [6.45, 7) is 3.46. The van der Waals surface area contributed by atoms with Gasteiger partial charge in [0.25, 0.3) is 0 Å². The maximum atomic E-state index is 13.1. The summed E-state index contributed by atoms with van der Waals surface area (Å²) in [5, 5.41) is 44.9. The van der Waals surface area contributed by atoms with Crippen molar-refractivity contribution in [2.75, 3.05) is 13.2 Å². The summed E-state index contributed by atoms with van der Waals surface area (Å²) in [5.41, 5.74) is 0. The van der Waals surface area contributed by atoms with Gasteiger partial charge in [-0.2, -0.15) is 8.42 Å². The molecule has 7 atom stereocenters. The van der Waals surface area contributed by atoms with Crippen LogP contribution in [0.2, 0.25) is 0 Å². The molecule has 1 rings (SSSR count). The second kappa shape index (κ2) is 44.1. The molecule has 6 N–H and O–H groups in total. The van der Waals surface area contributed by atoms with E-state index in [9.17, 15) is 38.2 Å². The van der Waals surface area contributed by atoms with Gasteiger partial charge in [-0.25, -0.2) is 4.18 Å². The summed E-state index contributed by atoms with van der Waals surface area (Å²) in [4.78, 5) is 13.1. The molecule has 0 saturated carbocycles. The van der Waals surface area contributed by atoms with Crippen molar-refractivity contribution in [3.63, 3.8) is 0 Å². The van der Waals surface area contributed by atoms with Gasteiger partial charge in [-0.05, 0) is 12.8 Å². The molecule has 0 bridgehead atoms. The van der Waals surface area contributed by atoms with E-state index in [0.717, 1.165) is 51.4 Å². The monoisotopic (exact) mass is 964 g/mol. The lowest BCUT2D eigenvalue weighted by atomic mass is 9.99. The first-order valence-corrected chi connectivity index (χ1v) is 29.3. The molecule has 1 fully saturated rings. The van der Waals surface area contributed by atoms with Crippen LogP contribution in [0.1, 0.15) is 277 Å². The van der Waals surface area contributed by atoms with Crippen LogP contribution in [0.3, 0.4) is 0 Å². The zero-order valence-electron chi connectivity index (χ0n) is 42.5. The highest BCUT2D eigenvalue weighted by Gasteiger charge is 2.48. The number of ether oxygens (including phenoxy) is 2. The fourth-order valence-electron chi connectivity index (χ4n) is 9.35. The van der Waals surface area contributed by atoms with E-state index in [0.29, 0.717) is 12.8 Å². The molecule has 0 aliphatic carbocycles. The van der Waals surface area contributed by atoms with E-state index in [2.05, 4.69) is 23.3 Å². The summed E-state index contributed by atoms with van der Waals surface area (Å²) >= 11 is 0. The number of unbranched alkanes of at least 4 members (excludes halogenated alkanes) is 37. The predicted octanol–water partition coefficient (Wildman–Crippen LogP) is 12.5. The molecule has 13 heteroatoms. The standard InChI is InChI=1S/C53H105NO11S/c1-3-5-7-9-11-13-15-16-17-18-19-20-21-22-23-24-25-26-27-28-29-30-31-32-33-35-37-39-41-43-49(57)54-46(47(56)42-40-38-36-34-14-12-10-8-6-4-2)45-63-53-51(59)52(65-66(60,61)62)50(58)48(44-55)64-53/h46-48,50-53,55-56,58-59H,3-45H2,1-2H3,(H,54,57)(H,60,61,62). The van der Waals surface area contributed by atoms with Crippen LogP contribution >= 0.6 is 0 Å². The fourth-order valence-corrected chi connectivity index (χ4v) is 9.85. The SMILES string of the molecule is CCCCCCCCCCCCCCCCCCCCCCCCCCCCCCCC(=O)NC(COC1OC(CO)C(O)C(OS(=O)(=O)O)C1O)C(O)CCCCCCCCCCCC. The smallest absolute Gasteiger partial charge is 0.394 e. The molecule has 0 aromatic rings. The highest BCUT2D eigenvalue weighted by Crippen LogP contribution is 2.26. The van der Waals surface area contributed by atoms with Gasteiger partial charge in [0, 0.05) is 6.42 Å². The molecule has 7 unspecified atom stereocenters. The Bertz CT molecular complexity index is 1180. The maximum Gasteiger partial charge on any atom is 0.397 e. The molecule has 1 amide bonds. The zero-order chi connectivity index (χ0) is 48.4. The van der Waals surface area contributed by atoms with Crippen molar-refractivity contribution in [3.8, 4) is 0 Å². The summed E-state index contributed by atoms with van der Waals surface area (Å²) in [5.74, 6) is -0.225. The molecule has 0 aromatic carbocycles. The molecule has 0 radical (unpaired) electrons. The van der Waals surface area contributed by atoms with Crippen molar-refractivity contribution in [1.29, 1.82) is 0 Å². The van der Waals surface area contributed by atoms with Crippen molar-refractivity contribution < 1.29 is 51.8 Å². The summed E-state index contributed by atoms with van der Waals surface area (Å²) in [7, 11) is -5.07. The van der Waals surface area contributed by atoms with Crippen LogP contribution < -0.4 is 5.32 Å². The Morgan fingerprint density at radius 1 is 0.545 bits per heavy atom. The van der Waals surface area contributed by atoms with Gasteiger partial charge in [0.1, 0.15) is 24.4 Å². The van der Waals surface area contributed by atoms with Crippen molar-refractivity contribution in [2.24, 2.45) is 0 Å². The number of carbonyl (C=O) groups is 1. The lowest BCUT2D eigenvalue weighted by Crippen LogP contribution is -2.61.